The fourth-order valence-electron chi connectivity index (χ4n) is 3.08. The number of aromatic hydroxyl groups is 2. The number of alkyl halides is 3. The molecule has 1 fully saturated rings. The van der Waals surface area contributed by atoms with Crippen LogP contribution in [0.5, 0.6) is 11.5 Å². The number of amides is 2. The topological polar surface area (TPSA) is 72.8 Å². The predicted molar refractivity (Wildman–Crippen MR) is 88.9 cm³/mol. The normalized spacial score (nSPS) is 17.3. The molecule has 5 nitrogen and oxygen atoms in total. The van der Waals surface area contributed by atoms with Gasteiger partial charge in [0.15, 0.2) is 0 Å². The lowest BCUT2D eigenvalue weighted by Crippen LogP contribution is -2.34. The van der Waals surface area contributed by atoms with Crippen molar-refractivity contribution in [1.82, 2.24) is 4.90 Å². The van der Waals surface area contributed by atoms with Crippen molar-refractivity contribution < 1.29 is 28.2 Å². The van der Waals surface area contributed by atoms with Crippen LogP contribution in [0, 0.1) is 0 Å². The van der Waals surface area contributed by atoms with E-state index in [2.05, 4.69) is 5.32 Å². The highest BCUT2D eigenvalue weighted by molar-refractivity contribution is 5.89. The zero-order valence-corrected chi connectivity index (χ0v) is 13.6. The van der Waals surface area contributed by atoms with E-state index < -0.39 is 17.8 Å². The molecule has 0 bridgehead atoms. The van der Waals surface area contributed by atoms with Crippen molar-refractivity contribution in [2.45, 2.75) is 25.1 Å². The van der Waals surface area contributed by atoms with Crippen LogP contribution in [-0.4, -0.2) is 27.7 Å². The molecule has 0 aromatic heterocycles. The third kappa shape index (κ3) is 3.68. The van der Waals surface area contributed by atoms with Crippen LogP contribution in [0.2, 0.25) is 0 Å². The van der Waals surface area contributed by atoms with Crippen LogP contribution in [0.1, 0.15) is 30.0 Å². The summed E-state index contributed by atoms with van der Waals surface area (Å²) in [7, 11) is 0. The molecule has 1 heterocycles. The molecule has 1 aliphatic rings. The van der Waals surface area contributed by atoms with E-state index in [0.29, 0.717) is 18.5 Å². The Morgan fingerprint density at radius 1 is 1.12 bits per heavy atom. The van der Waals surface area contributed by atoms with E-state index in [1.807, 2.05) is 0 Å². The molecule has 3 N–H and O–H groups in total. The molecule has 1 aliphatic heterocycles. The molecule has 1 atom stereocenters. The number of urea groups is 1. The van der Waals surface area contributed by atoms with Crippen LogP contribution in [-0.2, 0) is 6.18 Å². The van der Waals surface area contributed by atoms with Crippen molar-refractivity contribution >= 4 is 11.7 Å². The van der Waals surface area contributed by atoms with Gasteiger partial charge in [0.05, 0.1) is 11.6 Å². The van der Waals surface area contributed by atoms with Crippen molar-refractivity contribution in [3.8, 4) is 11.5 Å². The largest absolute Gasteiger partial charge is 0.508 e. The van der Waals surface area contributed by atoms with Crippen molar-refractivity contribution in [2.24, 2.45) is 0 Å². The Hall–Kier alpha value is -2.90. The zero-order chi connectivity index (χ0) is 18.9. The van der Waals surface area contributed by atoms with Gasteiger partial charge in [-0.15, -0.1) is 0 Å². The van der Waals surface area contributed by atoms with Crippen molar-refractivity contribution in [3.05, 3.63) is 53.6 Å². The molecule has 1 saturated heterocycles. The SMILES string of the molecule is O=C(Nc1ccc(C(F)(F)F)cc1)N1CCCC1c1ccc(O)cc1O. The molecule has 0 saturated carbocycles. The molecule has 1 unspecified atom stereocenters. The fraction of sp³-hybridized carbons (Fsp3) is 0.278. The average Bonchev–Trinajstić information content (AvgIpc) is 3.04. The Kier molecular flexibility index (Phi) is 4.67. The second kappa shape index (κ2) is 6.78. The van der Waals surface area contributed by atoms with Gasteiger partial charge in [0.1, 0.15) is 11.5 Å². The number of halogens is 3. The lowest BCUT2D eigenvalue weighted by atomic mass is 10.0. The van der Waals surface area contributed by atoms with Gasteiger partial charge in [-0.25, -0.2) is 4.79 Å². The Balaban J connectivity index is 1.74. The molecule has 0 radical (unpaired) electrons. The predicted octanol–water partition coefficient (Wildman–Crippen LogP) is 4.49. The number of likely N-dealkylation sites (tertiary alicyclic amines) is 1. The minimum atomic E-state index is -4.43. The summed E-state index contributed by atoms with van der Waals surface area (Å²) in [5.41, 5.74) is -0.0185. The number of benzene rings is 2. The molecule has 0 aliphatic carbocycles. The Labute approximate surface area is 147 Å². The molecule has 2 amide bonds. The summed E-state index contributed by atoms with van der Waals surface area (Å²) < 4.78 is 37.8. The third-order valence-electron chi connectivity index (χ3n) is 4.35. The van der Waals surface area contributed by atoms with E-state index in [1.165, 1.54) is 29.2 Å². The smallest absolute Gasteiger partial charge is 0.416 e. The molecular weight excluding hydrogens is 349 g/mol. The van der Waals surface area contributed by atoms with Gasteiger partial charge < -0.3 is 20.4 Å². The van der Waals surface area contributed by atoms with Crippen LogP contribution >= 0.6 is 0 Å². The van der Waals surface area contributed by atoms with Gasteiger partial charge in [0, 0.05) is 23.9 Å². The summed E-state index contributed by atoms with van der Waals surface area (Å²) in [5.74, 6) is -0.186. The van der Waals surface area contributed by atoms with E-state index in [9.17, 15) is 28.2 Å². The van der Waals surface area contributed by atoms with Crippen LogP contribution in [0.15, 0.2) is 42.5 Å². The summed E-state index contributed by atoms with van der Waals surface area (Å²) in [6.45, 7) is 0.456. The van der Waals surface area contributed by atoms with E-state index in [0.717, 1.165) is 18.6 Å². The van der Waals surface area contributed by atoms with Crippen molar-refractivity contribution in [1.29, 1.82) is 0 Å². The quantitative estimate of drug-likeness (QED) is 0.733. The molecule has 0 spiro atoms. The van der Waals surface area contributed by atoms with Crippen LogP contribution < -0.4 is 5.32 Å². The summed E-state index contributed by atoms with van der Waals surface area (Å²) in [6.07, 6.45) is -3.07. The summed E-state index contributed by atoms with van der Waals surface area (Å²) in [5, 5.41) is 22.0. The summed E-state index contributed by atoms with van der Waals surface area (Å²) in [4.78, 5) is 14.0. The van der Waals surface area contributed by atoms with Crippen molar-refractivity contribution in [2.75, 3.05) is 11.9 Å². The number of rotatable bonds is 2. The number of hydrogen-bond donors (Lipinski definition) is 3. The minimum absolute atomic E-state index is 0.0787. The van der Waals surface area contributed by atoms with Crippen LogP contribution in [0.25, 0.3) is 0 Å². The van der Waals surface area contributed by atoms with E-state index in [1.54, 1.807) is 6.07 Å². The van der Waals surface area contributed by atoms with Gasteiger partial charge in [0.25, 0.3) is 0 Å². The number of hydrogen-bond acceptors (Lipinski definition) is 3. The number of carbonyl (C=O) groups excluding carboxylic acids is 1. The molecule has 3 rings (SSSR count). The van der Waals surface area contributed by atoms with Crippen LogP contribution in [0.4, 0.5) is 23.7 Å². The summed E-state index contributed by atoms with van der Waals surface area (Å²) in [6, 6.07) is 7.57. The van der Waals surface area contributed by atoms with Gasteiger partial charge >= 0.3 is 12.2 Å². The summed E-state index contributed by atoms with van der Waals surface area (Å²) >= 11 is 0. The second-order valence-electron chi connectivity index (χ2n) is 6.10. The molecule has 2 aromatic rings. The molecule has 2 aromatic carbocycles. The molecule has 26 heavy (non-hydrogen) atoms. The lowest BCUT2D eigenvalue weighted by molar-refractivity contribution is -0.137. The standard InChI is InChI=1S/C18H17F3N2O3/c19-18(20,21)11-3-5-12(6-4-11)22-17(26)23-9-1-2-15(23)14-8-7-13(24)10-16(14)25/h3-8,10,15,24-25H,1-2,9H2,(H,22,26). The average molecular weight is 366 g/mol. The maximum Gasteiger partial charge on any atom is 0.416 e. The molecular formula is C18H17F3N2O3. The maximum absolute atomic E-state index is 12.6. The number of nitrogens with one attached hydrogen (secondary N) is 1. The molecule has 8 heteroatoms. The van der Waals surface area contributed by atoms with Gasteiger partial charge in [-0.3, -0.25) is 0 Å². The van der Waals surface area contributed by atoms with E-state index in [4.69, 9.17) is 0 Å². The fourth-order valence-corrected chi connectivity index (χ4v) is 3.08. The highest BCUT2D eigenvalue weighted by atomic mass is 19.4. The first kappa shape index (κ1) is 17.9. The van der Waals surface area contributed by atoms with Gasteiger partial charge in [-0.05, 0) is 49.2 Å². The second-order valence-corrected chi connectivity index (χ2v) is 6.10. The van der Waals surface area contributed by atoms with Gasteiger partial charge in [0.2, 0.25) is 0 Å². The Morgan fingerprint density at radius 2 is 1.81 bits per heavy atom. The monoisotopic (exact) mass is 366 g/mol. The highest BCUT2D eigenvalue weighted by Crippen LogP contribution is 2.38. The maximum atomic E-state index is 12.6. The first-order valence-corrected chi connectivity index (χ1v) is 8.02. The first-order chi connectivity index (χ1) is 12.3. The number of nitrogens with zero attached hydrogens (tertiary/aromatic N) is 1. The highest BCUT2D eigenvalue weighted by Gasteiger charge is 2.32. The number of carbonyl (C=O) groups is 1. The van der Waals surface area contributed by atoms with E-state index in [-0.39, 0.29) is 23.2 Å². The minimum Gasteiger partial charge on any atom is -0.508 e. The molecule has 138 valence electrons. The van der Waals surface area contributed by atoms with Gasteiger partial charge in [-0.2, -0.15) is 13.2 Å². The number of phenolic OH excluding ortho intramolecular Hbond substituents is 2. The van der Waals surface area contributed by atoms with Crippen LogP contribution in [0.3, 0.4) is 0 Å². The Morgan fingerprint density at radius 3 is 2.42 bits per heavy atom. The first-order valence-electron chi connectivity index (χ1n) is 8.02. The van der Waals surface area contributed by atoms with Crippen molar-refractivity contribution in [3.63, 3.8) is 0 Å². The van der Waals surface area contributed by atoms with Gasteiger partial charge in [-0.1, -0.05) is 0 Å². The number of anilines is 1. The zero-order valence-electron chi connectivity index (χ0n) is 13.6. The lowest BCUT2D eigenvalue weighted by Gasteiger charge is -2.26. The third-order valence-corrected chi connectivity index (χ3v) is 4.35. The Bertz CT molecular complexity index is 806. The van der Waals surface area contributed by atoms with E-state index >= 15 is 0 Å². The number of phenols is 2.